The molecule has 0 spiro atoms. The molecule has 1 aromatic carbocycles. The first-order valence-electron chi connectivity index (χ1n) is 10.9. The van der Waals surface area contributed by atoms with Crippen molar-refractivity contribution < 1.29 is 9.59 Å². The molecular weight excluding hydrogens is 424 g/mol. The predicted molar refractivity (Wildman–Crippen MR) is 126 cm³/mol. The number of thiophene rings is 1. The summed E-state index contributed by atoms with van der Waals surface area (Å²) in [5, 5.41) is 0.514. The van der Waals surface area contributed by atoms with E-state index in [2.05, 4.69) is 41.6 Å². The summed E-state index contributed by atoms with van der Waals surface area (Å²) in [6.07, 6.45) is 3.49. The van der Waals surface area contributed by atoms with Crippen molar-refractivity contribution in [1.29, 1.82) is 0 Å². The van der Waals surface area contributed by atoms with E-state index >= 15 is 0 Å². The van der Waals surface area contributed by atoms with E-state index in [1.807, 2.05) is 12.1 Å². The van der Waals surface area contributed by atoms with Crippen molar-refractivity contribution in [3.63, 3.8) is 0 Å². The number of aromatic nitrogens is 2. The Morgan fingerprint density at radius 2 is 2.00 bits per heavy atom. The van der Waals surface area contributed by atoms with Gasteiger partial charge in [-0.15, -0.1) is 11.3 Å². The molecule has 32 heavy (non-hydrogen) atoms. The van der Waals surface area contributed by atoms with Gasteiger partial charge in [-0.25, -0.2) is 4.98 Å². The highest BCUT2D eigenvalue weighted by molar-refractivity contribution is 7.14. The zero-order chi connectivity index (χ0) is 22.9. The van der Waals surface area contributed by atoms with Crippen LogP contribution in [0, 0.1) is 11.3 Å². The highest BCUT2D eigenvalue weighted by Crippen LogP contribution is 2.40. The monoisotopic (exact) mass is 452 g/mol. The van der Waals surface area contributed by atoms with E-state index in [-0.39, 0.29) is 35.6 Å². The van der Waals surface area contributed by atoms with E-state index in [1.165, 1.54) is 21.8 Å². The Labute approximate surface area is 190 Å². The van der Waals surface area contributed by atoms with Crippen molar-refractivity contribution in [3.8, 4) is 0 Å². The Kier molecular flexibility index (Phi) is 6.15. The largest absolute Gasteiger partial charge is 0.310 e. The average molecular weight is 453 g/mol. The van der Waals surface area contributed by atoms with Gasteiger partial charge in [-0.2, -0.15) is 0 Å². The summed E-state index contributed by atoms with van der Waals surface area (Å²) in [5.74, 6) is 0.399. The van der Waals surface area contributed by atoms with Crippen LogP contribution in [-0.4, -0.2) is 21.8 Å². The molecule has 2 aromatic heterocycles. The maximum Gasteiger partial charge on any atom is 0.279 e. The number of para-hydroxylation sites is 1. The second-order valence-corrected chi connectivity index (χ2v) is 10.5. The number of benzene rings is 1. The van der Waals surface area contributed by atoms with Gasteiger partial charge in [-0.1, -0.05) is 32.9 Å². The number of hydrogen-bond donors (Lipinski definition) is 3. The Morgan fingerprint density at radius 1 is 1.22 bits per heavy atom. The minimum atomic E-state index is -0.344. The van der Waals surface area contributed by atoms with E-state index in [9.17, 15) is 14.4 Å². The highest BCUT2D eigenvalue weighted by Gasteiger charge is 2.30. The molecule has 3 aromatic rings. The minimum Gasteiger partial charge on any atom is -0.310 e. The normalized spacial score (nSPS) is 15.9. The lowest BCUT2D eigenvalue weighted by Gasteiger charge is -2.33. The number of aromatic amines is 1. The summed E-state index contributed by atoms with van der Waals surface area (Å²) in [5.41, 5.74) is 6.84. The third kappa shape index (κ3) is 4.91. The minimum absolute atomic E-state index is 0.0930. The van der Waals surface area contributed by atoms with Gasteiger partial charge in [0, 0.05) is 17.7 Å². The molecule has 0 saturated carbocycles. The summed E-state index contributed by atoms with van der Waals surface area (Å²) in [7, 11) is 0. The van der Waals surface area contributed by atoms with Gasteiger partial charge in [0.15, 0.2) is 0 Å². The molecule has 1 unspecified atom stereocenters. The molecule has 0 aliphatic heterocycles. The van der Waals surface area contributed by atoms with Gasteiger partial charge in [0.25, 0.3) is 11.5 Å². The van der Waals surface area contributed by atoms with Crippen molar-refractivity contribution >= 4 is 34.1 Å². The van der Waals surface area contributed by atoms with Crippen LogP contribution in [0.25, 0.3) is 10.9 Å². The number of carbonyl (C=O) groups excluding carboxylic acids is 2. The molecule has 168 valence electrons. The lowest BCUT2D eigenvalue weighted by Crippen LogP contribution is -2.41. The van der Waals surface area contributed by atoms with Crippen molar-refractivity contribution in [2.45, 2.75) is 52.9 Å². The van der Waals surface area contributed by atoms with Crippen LogP contribution in [0.5, 0.6) is 0 Å². The fourth-order valence-electron chi connectivity index (χ4n) is 4.11. The van der Waals surface area contributed by atoms with E-state index in [0.29, 0.717) is 27.5 Å². The third-order valence-electron chi connectivity index (χ3n) is 6.10. The second kappa shape index (κ2) is 8.86. The lowest BCUT2D eigenvalue weighted by atomic mass is 9.72. The molecule has 3 N–H and O–H groups in total. The topological polar surface area (TPSA) is 104 Å². The number of carbonyl (C=O) groups is 2. The number of aryl methyl sites for hydroxylation is 2. The molecule has 8 heteroatoms. The number of amides is 2. The lowest BCUT2D eigenvalue weighted by molar-refractivity contribution is -0.121. The SMILES string of the molecule is CC(C)(C)C1CCc2sc(C(=O)NNC(=O)CCc3nc4ccccc4c(=O)[nH]3)cc2C1. The van der Waals surface area contributed by atoms with Crippen LogP contribution in [0.2, 0.25) is 0 Å². The summed E-state index contributed by atoms with van der Waals surface area (Å²) >= 11 is 1.51. The fourth-order valence-corrected chi connectivity index (χ4v) is 5.21. The summed E-state index contributed by atoms with van der Waals surface area (Å²) in [6.45, 7) is 6.80. The van der Waals surface area contributed by atoms with Gasteiger partial charge in [-0.3, -0.25) is 25.2 Å². The molecule has 1 aliphatic carbocycles. The first-order valence-corrected chi connectivity index (χ1v) is 11.7. The number of H-pyrrole nitrogens is 1. The summed E-state index contributed by atoms with van der Waals surface area (Å²) in [6, 6.07) is 9.02. The zero-order valence-electron chi connectivity index (χ0n) is 18.6. The molecule has 0 saturated heterocycles. The van der Waals surface area contributed by atoms with Crippen LogP contribution in [0.15, 0.2) is 35.1 Å². The number of nitrogens with one attached hydrogen (secondary N) is 3. The maximum absolute atomic E-state index is 12.5. The number of nitrogens with zero attached hydrogens (tertiary/aromatic N) is 1. The molecule has 1 atom stereocenters. The molecule has 0 fully saturated rings. The van der Waals surface area contributed by atoms with Gasteiger partial charge < -0.3 is 4.98 Å². The smallest absolute Gasteiger partial charge is 0.279 e. The first-order chi connectivity index (χ1) is 15.2. The van der Waals surface area contributed by atoms with Gasteiger partial charge in [0.05, 0.1) is 15.8 Å². The van der Waals surface area contributed by atoms with E-state index < -0.39 is 0 Å². The summed E-state index contributed by atoms with van der Waals surface area (Å²) in [4.78, 5) is 45.8. The first kappa shape index (κ1) is 22.2. The number of rotatable bonds is 4. The number of hydrogen-bond acceptors (Lipinski definition) is 5. The van der Waals surface area contributed by atoms with Crippen molar-refractivity contribution in [1.82, 2.24) is 20.8 Å². The van der Waals surface area contributed by atoms with Gasteiger partial charge in [-0.05, 0) is 54.4 Å². The van der Waals surface area contributed by atoms with E-state index in [0.717, 1.165) is 19.3 Å². The molecule has 2 heterocycles. The maximum atomic E-state index is 12.5. The van der Waals surface area contributed by atoms with Crippen LogP contribution < -0.4 is 16.4 Å². The molecule has 2 amide bonds. The van der Waals surface area contributed by atoms with Crippen LogP contribution in [0.3, 0.4) is 0 Å². The van der Waals surface area contributed by atoms with Crippen LogP contribution >= 0.6 is 11.3 Å². The predicted octanol–water partition coefficient (Wildman–Crippen LogP) is 3.53. The number of hydrazine groups is 1. The molecule has 0 bridgehead atoms. The van der Waals surface area contributed by atoms with Gasteiger partial charge in [0.2, 0.25) is 5.91 Å². The molecule has 4 rings (SSSR count). The quantitative estimate of drug-likeness (QED) is 0.527. The van der Waals surface area contributed by atoms with Crippen LogP contribution in [-0.2, 0) is 24.1 Å². The van der Waals surface area contributed by atoms with Crippen LogP contribution in [0.1, 0.15) is 59.5 Å². The molecule has 7 nitrogen and oxygen atoms in total. The standard InChI is InChI=1S/C24H28N4O3S/c1-24(2,3)15-8-9-18-14(12-15)13-19(32-18)23(31)28-27-21(29)11-10-20-25-17-7-5-4-6-16(17)22(30)26-20/h4-7,13,15H,8-12H2,1-3H3,(H,27,29)(H,28,31)(H,25,26,30). The average Bonchev–Trinajstić information content (AvgIpc) is 3.19. The Morgan fingerprint density at radius 3 is 2.78 bits per heavy atom. The molecule has 0 radical (unpaired) electrons. The number of fused-ring (bicyclic) bond motifs is 2. The Balaban J connectivity index is 1.31. The molecule has 1 aliphatic rings. The van der Waals surface area contributed by atoms with E-state index in [4.69, 9.17) is 0 Å². The Hall–Kier alpha value is -3.00. The van der Waals surface area contributed by atoms with Crippen LogP contribution in [0.4, 0.5) is 0 Å². The van der Waals surface area contributed by atoms with Crippen molar-refractivity contribution in [3.05, 3.63) is 61.8 Å². The summed E-state index contributed by atoms with van der Waals surface area (Å²) < 4.78 is 0. The van der Waals surface area contributed by atoms with Crippen molar-refractivity contribution in [2.75, 3.05) is 0 Å². The highest BCUT2D eigenvalue weighted by atomic mass is 32.1. The van der Waals surface area contributed by atoms with Crippen molar-refractivity contribution in [2.24, 2.45) is 11.3 Å². The second-order valence-electron chi connectivity index (χ2n) is 9.40. The fraction of sp³-hybridized carbons (Fsp3) is 0.417. The van der Waals surface area contributed by atoms with E-state index in [1.54, 1.807) is 18.2 Å². The zero-order valence-corrected chi connectivity index (χ0v) is 19.4. The Bertz CT molecular complexity index is 1220. The van der Waals surface area contributed by atoms with Gasteiger partial charge >= 0.3 is 0 Å². The third-order valence-corrected chi connectivity index (χ3v) is 7.33. The van der Waals surface area contributed by atoms with Gasteiger partial charge in [0.1, 0.15) is 5.82 Å². The molecular formula is C24H28N4O3S.